The van der Waals surface area contributed by atoms with E-state index in [0.29, 0.717) is 11.3 Å². The SMILES string of the molecule is COC(=O)c1cc(OC)c2[nH]c3ccc(Br)cc3c2c1. The van der Waals surface area contributed by atoms with Gasteiger partial charge in [-0.2, -0.15) is 0 Å². The molecule has 2 aromatic carbocycles. The third kappa shape index (κ3) is 1.94. The average Bonchev–Trinajstić information content (AvgIpc) is 2.83. The number of ether oxygens (including phenoxy) is 2. The van der Waals surface area contributed by atoms with Crippen LogP contribution in [0.1, 0.15) is 10.4 Å². The Morgan fingerprint density at radius 1 is 1.15 bits per heavy atom. The number of rotatable bonds is 2. The molecule has 0 spiro atoms. The first kappa shape index (κ1) is 13.0. The lowest BCUT2D eigenvalue weighted by Gasteiger charge is -2.05. The molecule has 0 aliphatic rings. The number of carbonyl (C=O) groups excluding carboxylic acids is 1. The third-order valence-electron chi connectivity index (χ3n) is 3.27. The highest BCUT2D eigenvalue weighted by Gasteiger charge is 2.15. The molecule has 0 amide bonds. The second-order valence-corrected chi connectivity index (χ2v) is 5.32. The lowest BCUT2D eigenvalue weighted by Crippen LogP contribution is -2.01. The van der Waals surface area contributed by atoms with Crippen LogP contribution in [0.3, 0.4) is 0 Å². The molecule has 1 N–H and O–H groups in total. The van der Waals surface area contributed by atoms with E-state index >= 15 is 0 Å². The van der Waals surface area contributed by atoms with Crippen molar-refractivity contribution in [2.75, 3.05) is 14.2 Å². The predicted octanol–water partition coefficient (Wildman–Crippen LogP) is 3.88. The molecular formula is C15H12BrNO3. The second kappa shape index (κ2) is 4.83. The fourth-order valence-corrected chi connectivity index (χ4v) is 2.70. The van der Waals surface area contributed by atoms with Crippen LogP contribution in [0.15, 0.2) is 34.8 Å². The molecule has 0 radical (unpaired) electrons. The van der Waals surface area contributed by atoms with Crippen molar-refractivity contribution in [1.29, 1.82) is 0 Å². The molecule has 0 saturated carbocycles. The number of aromatic nitrogens is 1. The Morgan fingerprint density at radius 2 is 1.95 bits per heavy atom. The van der Waals surface area contributed by atoms with Crippen molar-refractivity contribution in [1.82, 2.24) is 4.98 Å². The molecule has 3 rings (SSSR count). The van der Waals surface area contributed by atoms with Gasteiger partial charge >= 0.3 is 5.97 Å². The molecular weight excluding hydrogens is 322 g/mol. The summed E-state index contributed by atoms with van der Waals surface area (Å²) in [5.74, 6) is 0.241. The van der Waals surface area contributed by atoms with E-state index in [2.05, 4.69) is 20.9 Å². The van der Waals surface area contributed by atoms with Crippen molar-refractivity contribution >= 4 is 43.7 Å². The first-order chi connectivity index (χ1) is 9.63. The Bertz CT molecular complexity index is 823. The fourth-order valence-electron chi connectivity index (χ4n) is 2.34. The third-order valence-corrected chi connectivity index (χ3v) is 3.77. The zero-order valence-electron chi connectivity index (χ0n) is 11.0. The van der Waals surface area contributed by atoms with Crippen LogP contribution in [0.2, 0.25) is 0 Å². The molecule has 5 heteroatoms. The molecule has 1 aromatic heterocycles. The van der Waals surface area contributed by atoms with Gasteiger partial charge in [-0.25, -0.2) is 4.79 Å². The normalized spacial score (nSPS) is 10.9. The number of halogens is 1. The number of hydrogen-bond donors (Lipinski definition) is 1. The van der Waals surface area contributed by atoms with E-state index in [9.17, 15) is 4.79 Å². The summed E-state index contributed by atoms with van der Waals surface area (Å²) in [5.41, 5.74) is 2.33. The van der Waals surface area contributed by atoms with Crippen LogP contribution in [-0.2, 0) is 4.74 Å². The summed E-state index contributed by atoms with van der Waals surface area (Å²) in [6, 6.07) is 9.45. The molecule has 4 nitrogen and oxygen atoms in total. The number of carbonyl (C=O) groups is 1. The van der Waals surface area contributed by atoms with E-state index in [4.69, 9.17) is 9.47 Å². The zero-order chi connectivity index (χ0) is 14.3. The molecule has 0 aliphatic carbocycles. The Kier molecular flexibility index (Phi) is 3.14. The summed E-state index contributed by atoms with van der Waals surface area (Å²) in [6.45, 7) is 0. The van der Waals surface area contributed by atoms with Gasteiger partial charge in [0, 0.05) is 20.8 Å². The van der Waals surface area contributed by atoms with Gasteiger partial charge in [-0.3, -0.25) is 0 Å². The van der Waals surface area contributed by atoms with Crippen molar-refractivity contribution in [3.63, 3.8) is 0 Å². The summed E-state index contributed by atoms with van der Waals surface area (Å²) in [4.78, 5) is 15.1. The highest BCUT2D eigenvalue weighted by molar-refractivity contribution is 9.10. The summed E-state index contributed by atoms with van der Waals surface area (Å²) in [5, 5.41) is 1.96. The number of benzene rings is 2. The number of hydrogen-bond acceptors (Lipinski definition) is 3. The van der Waals surface area contributed by atoms with Gasteiger partial charge < -0.3 is 14.5 Å². The van der Waals surface area contributed by atoms with Gasteiger partial charge in [0.25, 0.3) is 0 Å². The van der Waals surface area contributed by atoms with Gasteiger partial charge in [-0.05, 0) is 30.3 Å². The first-order valence-corrected chi connectivity index (χ1v) is 6.80. The van der Waals surface area contributed by atoms with Crippen LogP contribution < -0.4 is 4.74 Å². The van der Waals surface area contributed by atoms with E-state index in [1.807, 2.05) is 24.3 Å². The summed E-state index contributed by atoms with van der Waals surface area (Å²) < 4.78 is 11.1. The van der Waals surface area contributed by atoms with Crippen LogP contribution >= 0.6 is 15.9 Å². The first-order valence-electron chi connectivity index (χ1n) is 6.01. The van der Waals surface area contributed by atoms with Crippen molar-refractivity contribution in [2.45, 2.75) is 0 Å². The highest BCUT2D eigenvalue weighted by atomic mass is 79.9. The summed E-state index contributed by atoms with van der Waals surface area (Å²) in [7, 11) is 2.95. The van der Waals surface area contributed by atoms with E-state index in [0.717, 1.165) is 26.3 Å². The molecule has 0 unspecified atom stereocenters. The molecule has 0 fully saturated rings. The number of nitrogens with one attached hydrogen (secondary N) is 1. The van der Waals surface area contributed by atoms with Crippen LogP contribution in [0.5, 0.6) is 5.75 Å². The van der Waals surface area contributed by atoms with Gasteiger partial charge in [0.2, 0.25) is 0 Å². The summed E-state index contributed by atoms with van der Waals surface area (Å²) in [6.07, 6.45) is 0. The molecule has 3 aromatic rings. The minimum Gasteiger partial charge on any atom is -0.495 e. The molecule has 1 heterocycles. The maximum atomic E-state index is 11.8. The fraction of sp³-hybridized carbons (Fsp3) is 0.133. The van der Waals surface area contributed by atoms with Gasteiger partial charge in [-0.1, -0.05) is 15.9 Å². The number of fused-ring (bicyclic) bond motifs is 3. The van der Waals surface area contributed by atoms with Crippen molar-refractivity contribution in [2.24, 2.45) is 0 Å². The Labute approximate surface area is 123 Å². The molecule has 20 heavy (non-hydrogen) atoms. The van der Waals surface area contributed by atoms with Crippen molar-refractivity contribution < 1.29 is 14.3 Å². The lowest BCUT2D eigenvalue weighted by atomic mass is 10.1. The second-order valence-electron chi connectivity index (χ2n) is 4.41. The van der Waals surface area contributed by atoms with E-state index in [1.165, 1.54) is 7.11 Å². The maximum Gasteiger partial charge on any atom is 0.338 e. The quantitative estimate of drug-likeness (QED) is 0.724. The average molecular weight is 334 g/mol. The predicted molar refractivity (Wildman–Crippen MR) is 81.4 cm³/mol. The Hall–Kier alpha value is -2.01. The Balaban J connectivity index is 2.41. The van der Waals surface area contributed by atoms with E-state index in [1.54, 1.807) is 13.2 Å². The lowest BCUT2D eigenvalue weighted by molar-refractivity contribution is 0.0600. The number of H-pyrrole nitrogens is 1. The number of aromatic amines is 1. The van der Waals surface area contributed by atoms with Gasteiger partial charge in [0.05, 0.1) is 25.3 Å². The summed E-state index contributed by atoms with van der Waals surface area (Å²) >= 11 is 3.46. The minimum atomic E-state index is -0.380. The topological polar surface area (TPSA) is 51.3 Å². The van der Waals surface area contributed by atoms with Crippen molar-refractivity contribution in [3.05, 3.63) is 40.4 Å². The number of esters is 1. The van der Waals surface area contributed by atoms with Crippen LogP contribution in [0, 0.1) is 0 Å². The van der Waals surface area contributed by atoms with Crippen LogP contribution in [0.4, 0.5) is 0 Å². The molecule has 102 valence electrons. The smallest absolute Gasteiger partial charge is 0.338 e. The number of methoxy groups -OCH3 is 2. The highest BCUT2D eigenvalue weighted by Crippen LogP contribution is 2.34. The molecule has 0 aliphatic heterocycles. The Morgan fingerprint density at radius 3 is 2.65 bits per heavy atom. The van der Waals surface area contributed by atoms with E-state index < -0.39 is 0 Å². The standard InChI is InChI=1S/C15H12BrNO3/c1-19-13-6-8(15(18)20-2)5-11-10-7-9(16)3-4-12(10)17-14(11)13/h3-7,17H,1-2H3. The molecule has 0 bridgehead atoms. The van der Waals surface area contributed by atoms with Crippen LogP contribution in [-0.4, -0.2) is 25.2 Å². The molecule has 0 saturated heterocycles. The largest absolute Gasteiger partial charge is 0.495 e. The van der Waals surface area contributed by atoms with Gasteiger partial charge in [-0.15, -0.1) is 0 Å². The van der Waals surface area contributed by atoms with E-state index in [-0.39, 0.29) is 5.97 Å². The molecule has 0 atom stereocenters. The van der Waals surface area contributed by atoms with Gasteiger partial charge in [0.1, 0.15) is 5.75 Å². The maximum absolute atomic E-state index is 11.8. The zero-order valence-corrected chi connectivity index (χ0v) is 12.6. The minimum absolute atomic E-state index is 0.380. The van der Waals surface area contributed by atoms with Gasteiger partial charge in [0.15, 0.2) is 0 Å². The monoisotopic (exact) mass is 333 g/mol. The van der Waals surface area contributed by atoms with Crippen molar-refractivity contribution in [3.8, 4) is 5.75 Å². The van der Waals surface area contributed by atoms with Crippen LogP contribution in [0.25, 0.3) is 21.8 Å².